The van der Waals surface area contributed by atoms with Crippen LogP contribution in [0.3, 0.4) is 0 Å². The van der Waals surface area contributed by atoms with Gasteiger partial charge in [0.15, 0.2) is 0 Å². The first-order valence-corrected chi connectivity index (χ1v) is 12.1. The molecular formula is C32H26O2. The lowest BCUT2D eigenvalue weighted by molar-refractivity contribution is 0.664. The molecule has 0 saturated carbocycles. The van der Waals surface area contributed by atoms with Crippen molar-refractivity contribution >= 4 is 65.4 Å². The van der Waals surface area contributed by atoms with Crippen LogP contribution in [0.15, 0.2) is 81.6 Å². The average Bonchev–Trinajstić information content (AvgIpc) is 3.34. The van der Waals surface area contributed by atoms with Crippen LogP contribution in [0.1, 0.15) is 50.7 Å². The minimum atomic E-state index is 0.504. The summed E-state index contributed by atoms with van der Waals surface area (Å²) >= 11 is 0. The van der Waals surface area contributed by atoms with Crippen molar-refractivity contribution in [2.75, 3.05) is 0 Å². The molecule has 7 rings (SSSR count). The molecule has 0 amide bonds. The zero-order chi connectivity index (χ0) is 23.1. The highest BCUT2D eigenvalue weighted by atomic mass is 16.3. The standard InChI is InChI=1S/C32H26O2/c1-17(2)19-5-7-21-11-25-27-15-32-28(16-31(27)33-29(25)13-23(21)9-19)26-12-22-8-6-20(18(3)4)10-24(22)14-30(26)34-32/h5-18H,1-4H3. The maximum atomic E-state index is 6.38. The molecule has 0 bridgehead atoms. The summed E-state index contributed by atoms with van der Waals surface area (Å²) in [6.07, 6.45) is 0. The van der Waals surface area contributed by atoms with Crippen molar-refractivity contribution in [2.45, 2.75) is 39.5 Å². The highest BCUT2D eigenvalue weighted by Gasteiger charge is 2.15. The number of benzene rings is 5. The van der Waals surface area contributed by atoms with E-state index in [0.717, 1.165) is 43.9 Å². The van der Waals surface area contributed by atoms with E-state index in [2.05, 4.69) is 100 Å². The number of hydrogen-bond acceptors (Lipinski definition) is 2. The summed E-state index contributed by atoms with van der Waals surface area (Å²) in [5, 5.41) is 9.38. The molecule has 2 nitrogen and oxygen atoms in total. The van der Waals surface area contributed by atoms with Crippen molar-refractivity contribution < 1.29 is 8.83 Å². The van der Waals surface area contributed by atoms with E-state index in [1.165, 1.54) is 32.7 Å². The molecule has 0 fully saturated rings. The van der Waals surface area contributed by atoms with Gasteiger partial charge in [0.25, 0.3) is 0 Å². The van der Waals surface area contributed by atoms with Crippen LogP contribution in [0.25, 0.3) is 65.4 Å². The fourth-order valence-electron chi connectivity index (χ4n) is 5.29. The lowest BCUT2D eigenvalue weighted by Crippen LogP contribution is -1.86. The van der Waals surface area contributed by atoms with E-state index < -0.39 is 0 Å². The predicted molar refractivity (Wildman–Crippen MR) is 144 cm³/mol. The van der Waals surface area contributed by atoms with Crippen molar-refractivity contribution in [3.05, 3.63) is 83.9 Å². The predicted octanol–water partition coefficient (Wildman–Crippen LogP) is 10.0. The molecule has 0 atom stereocenters. The molecule has 0 unspecified atom stereocenters. The molecule has 5 aromatic carbocycles. The van der Waals surface area contributed by atoms with E-state index in [0.29, 0.717) is 11.8 Å². The molecule has 0 aliphatic heterocycles. The minimum absolute atomic E-state index is 0.504. The summed E-state index contributed by atoms with van der Waals surface area (Å²) in [6.45, 7) is 8.92. The van der Waals surface area contributed by atoms with E-state index in [-0.39, 0.29) is 0 Å². The number of hydrogen-bond donors (Lipinski definition) is 0. The van der Waals surface area contributed by atoms with Gasteiger partial charge in [0.1, 0.15) is 22.3 Å². The van der Waals surface area contributed by atoms with Crippen molar-refractivity contribution in [1.29, 1.82) is 0 Å². The molecule has 0 saturated heterocycles. The van der Waals surface area contributed by atoms with Gasteiger partial charge in [-0.1, -0.05) is 64.1 Å². The summed E-state index contributed by atoms with van der Waals surface area (Å²) in [5.41, 5.74) is 6.35. The Hall–Kier alpha value is -3.78. The monoisotopic (exact) mass is 442 g/mol. The van der Waals surface area contributed by atoms with Gasteiger partial charge in [-0.25, -0.2) is 0 Å². The van der Waals surface area contributed by atoms with Gasteiger partial charge in [-0.15, -0.1) is 0 Å². The summed E-state index contributed by atoms with van der Waals surface area (Å²) in [5.74, 6) is 1.01. The van der Waals surface area contributed by atoms with E-state index >= 15 is 0 Å². The lowest BCUT2D eigenvalue weighted by Gasteiger charge is -2.06. The van der Waals surface area contributed by atoms with Crippen LogP contribution in [0, 0.1) is 0 Å². The first-order valence-electron chi connectivity index (χ1n) is 12.1. The quantitative estimate of drug-likeness (QED) is 0.266. The third-order valence-electron chi connectivity index (χ3n) is 7.36. The molecule has 0 aliphatic rings. The molecule has 7 aromatic rings. The lowest BCUT2D eigenvalue weighted by atomic mass is 9.97. The SMILES string of the molecule is CC(C)c1ccc2cc3c(cc2c1)oc1cc2c(cc13)oc1cc3cc(C(C)C)ccc3cc12. The van der Waals surface area contributed by atoms with Crippen LogP contribution >= 0.6 is 0 Å². The third-order valence-corrected chi connectivity index (χ3v) is 7.36. The van der Waals surface area contributed by atoms with Gasteiger partial charge in [0.2, 0.25) is 0 Å². The fourth-order valence-corrected chi connectivity index (χ4v) is 5.29. The van der Waals surface area contributed by atoms with Crippen LogP contribution in [0.2, 0.25) is 0 Å². The Bertz CT molecular complexity index is 1770. The van der Waals surface area contributed by atoms with E-state index in [1.54, 1.807) is 0 Å². The molecule has 0 spiro atoms. The summed E-state index contributed by atoms with van der Waals surface area (Å²) < 4.78 is 12.8. The molecule has 2 heterocycles. The highest BCUT2D eigenvalue weighted by molar-refractivity contribution is 6.18. The molecule has 2 aromatic heterocycles. The number of rotatable bonds is 2. The molecule has 0 N–H and O–H groups in total. The third kappa shape index (κ3) is 2.81. The summed E-state index contributed by atoms with van der Waals surface area (Å²) in [4.78, 5) is 0. The van der Waals surface area contributed by atoms with E-state index in [9.17, 15) is 0 Å². The summed E-state index contributed by atoms with van der Waals surface area (Å²) in [6, 6.07) is 26.6. The smallest absolute Gasteiger partial charge is 0.136 e. The highest BCUT2D eigenvalue weighted by Crippen LogP contribution is 2.39. The Balaban J connectivity index is 1.48. The second-order valence-corrected chi connectivity index (χ2v) is 10.3. The molecule has 2 heteroatoms. The van der Waals surface area contributed by atoms with Crippen molar-refractivity contribution in [3.8, 4) is 0 Å². The number of furan rings is 2. The molecule has 34 heavy (non-hydrogen) atoms. The molecular weight excluding hydrogens is 416 g/mol. The second-order valence-electron chi connectivity index (χ2n) is 10.3. The van der Waals surface area contributed by atoms with Crippen LogP contribution in [-0.4, -0.2) is 0 Å². The van der Waals surface area contributed by atoms with Gasteiger partial charge >= 0.3 is 0 Å². The molecule has 0 aliphatic carbocycles. The van der Waals surface area contributed by atoms with E-state index in [1.807, 2.05) is 0 Å². The Morgan fingerprint density at radius 2 is 0.794 bits per heavy atom. The zero-order valence-corrected chi connectivity index (χ0v) is 19.9. The van der Waals surface area contributed by atoms with Gasteiger partial charge in [-0.3, -0.25) is 0 Å². The van der Waals surface area contributed by atoms with Crippen LogP contribution < -0.4 is 0 Å². The largest absolute Gasteiger partial charge is 0.456 e. The van der Waals surface area contributed by atoms with Gasteiger partial charge in [0, 0.05) is 21.5 Å². The fraction of sp³-hybridized carbons (Fsp3) is 0.188. The Morgan fingerprint density at radius 1 is 0.412 bits per heavy atom. The Morgan fingerprint density at radius 3 is 1.21 bits per heavy atom. The van der Waals surface area contributed by atoms with Gasteiger partial charge < -0.3 is 8.83 Å². The Kier molecular flexibility index (Phi) is 3.97. The number of fused-ring (bicyclic) bond motifs is 8. The van der Waals surface area contributed by atoms with Crippen molar-refractivity contribution in [3.63, 3.8) is 0 Å². The first kappa shape index (κ1) is 19.7. The summed E-state index contributed by atoms with van der Waals surface area (Å²) in [7, 11) is 0. The van der Waals surface area contributed by atoms with Gasteiger partial charge in [-0.05, 0) is 80.9 Å². The second kappa shape index (κ2) is 6.87. The van der Waals surface area contributed by atoms with Crippen LogP contribution in [-0.2, 0) is 0 Å². The van der Waals surface area contributed by atoms with Crippen molar-refractivity contribution in [1.82, 2.24) is 0 Å². The van der Waals surface area contributed by atoms with Crippen LogP contribution in [0.5, 0.6) is 0 Å². The Labute approximate surface area is 197 Å². The maximum Gasteiger partial charge on any atom is 0.136 e. The van der Waals surface area contributed by atoms with Crippen LogP contribution in [0.4, 0.5) is 0 Å². The zero-order valence-electron chi connectivity index (χ0n) is 19.9. The van der Waals surface area contributed by atoms with E-state index in [4.69, 9.17) is 8.83 Å². The minimum Gasteiger partial charge on any atom is -0.456 e. The topological polar surface area (TPSA) is 26.3 Å². The first-order chi connectivity index (χ1) is 16.4. The average molecular weight is 443 g/mol. The normalized spacial score (nSPS) is 12.6. The maximum absolute atomic E-state index is 6.38. The molecule has 0 radical (unpaired) electrons. The van der Waals surface area contributed by atoms with Gasteiger partial charge in [-0.2, -0.15) is 0 Å². The van der Waals surface area contributed by atoms with Crippen molar-refractivity contribution in [2.24, 2.45) is 0 Å². The molecule has 166 valence electrons. The van der Waals surface area contributed by atoms with Gasteiger partial charge in [0.05, 0.1) is 0 Å².